The van der Waals surface area contributed by atoms with Crippen molar-refractivity contribution in [2.24, 2.45) is 5.73 Å². The van der Waals surface area contributed by atoms with Gasteiger partial charge in [0.05, 0.1) is 27.8 Å². The summed E-state index contributed by atoms with van der Waals surface area (Å²) >= 11 is 1.62. The molecule has 2 aromatic rings. The highest BCUT2D eigenvalue weighted by Gasteiger charge is 2.33. The molecule has 0 bridgehead atoms. The quantitative estimate of drug-likeness (QED) is 0.941. The Balaban J connectivity index is 1.81. The summed E-state index contributed by atoms with van der Waals surface area (Å²) in [5, 5.41) is 0. The van der Waals surface area contributed by atoms with Crippen LogP contribution in [-0.4, -0.2) is 33.4 Å². The van der Waals surface area contributed by atoms with Gasteiger partial charge in [-0.25, -0.2) is 4.98 Å². The number of carbonyl (C=O) groups excluding carboxylic acids is 1. The van der Waals surface area contributed by atoms with Gasteiger partial charge in [0.1, 0.15) is 0 Å². The monoisotopic (exact) mass is 316 g/mol. The zero-order chi connectivity index (χ0) is 15.7. The number of nitrogens with two attached hydrogens (primary N) is 1. The summed E-state index contributed by atoms with van der Waals surface area (Å²) in [6.07, 6.45) is 3.75. The van der Waals surface area contributed by atoms with E-state index >= 15 is 0 Å². The van der Waals surface area contributed by atoms with E-state index in [-0.39, 0.29) is 18.0 Å². The van der Waals surface area contributed by atoms with Gasteiger partial charge in [0.15, 0.2) is 0 Å². The molecule has 3 heterocycles. The Morgan fingerprint density at radius 3 is 2.86 bits per heavy atom. The molecule has 2 N–H and O–H groups in total. The second kappa shape index (κ2) is 6.14. The van der Waals surface area contributed by atoms with Gasteiger partial charge in [-0.1, -0.05) is 6.07 Å². The van der Waals surface area contributed by atoms with Crippen molar-refractivity contribution in [2.45, 2.75) is 38.8 Å². The number of primary amides is 1. The van der Waals surface area contributed by atoms with Gasteiger partial charge in [-0.3, -0.25) is 14.7 Å². The Labute approximate surface area is 134 Å². The minimum absolute atomic E-state index is 0.0941. The first-order valence-electron chi connectivity index (χ1n) is 7.49. The minimum atomic E-state index is -0.235. The van der Waals surface area contributed by atoms with Crippen LogP contribution in [0.1, 0.15) is 37.2 Å². The topological polar surface area (TPSA) is 72.1 Å². The third kappa shape index (κ3) is 2.76. The van der Waals surface area contributed by atoms with E-state index in [9.17, 15) is 4.79 Å². The molecule has 2 aromatic heterocycles. The molecule has 1 aliphatic heterocycles. The fourth-order valence-electron chi connectivity index (χ4n) is 3.09. The summed E-state index contributed by atoms with van der Waals surface area (Å²) in [7, 11) is 0. The maximum atomic E-state index is 11.5. The number of rotatable bonds is 4. The van der Waals surface area contributed by atoms with Crippen molar-refractivity contribution in [3.8, 4) is 10.4 Å². The molecule has 1 amide bonds. The first-order chi connectivity index (χ1) is 10.6. The van der Waals surface area contributed by atoms with Crippen LogP contribution < -0.4 is 5.73 Å². The van der Waals surface area contributed by atoms with Crippen LogP contribution >= 0.6 is 11.3 Å². The number of nitrogens with zero attached hydrogens (tertiary/aromatic N) is 3. The molecule has 0 radical (unpaired) electrons. The number of hydrogen-bond donors (Lipinski definition) is 1. The molecule has 1 saturated heterocycles. The molecule has 2 atom stereocenters. The molecule has 0 spiro atoms. The van der Waals surface area contributed by atoms with Gasteiger partial charge < -0.3 is 5.73 Å². The van der Waals surface area contributed by atoms with Crippen LogP contribution in [0.3, 0.4) is 0 Å². The SMILES string of the molecule is Cc1ncsc1-c1ccc([C@H](C)N2CCCC2C(N)=O)nc1. The number of carbonyl (C=O) groups is 1. The van der Waals surface area contributed by atoms with E-state index in [1.54, 1.807) is 11.3 Å². The lowest BCUT2D eigenvalue weighted by molar-refractivity contribution is -0.122. The van der Waals surface area contributed by atoms with Crippen molar-refractivity contribution in [3.05, 3.63) is 35.2 Å². The van der Waals surface area contributed by atoms with Gasteiger partial charge in [0.25, 0.3) is 0 Å². The van der Waals surface area contributed by atoms with Crippen molar-refractivity contribution in [2.75, 3.05) is 6.54 Å². The van der Waals surface area contributed by atoms with E-state index in [0.29, 0.717) is 0 Å². The molecule has 3 rings (SSSR count). The summed E-state index contributed by atoms with van der Waals surface area (Å²) in [5.41, 5.74) is 10.4. The molecule has 1 aliphatic rings. The average molecular weight is 316 g/mol. The van der Waals surface area contributed by atoms with Gasteiger partial charge in [-0.2, -0.15) is 0 Å². The third-order valence-electron chi connectivity index (χ3n) is 4.34. The Morgan fingerprint density at radius 2 is 2.27 bits per heavy atom. The van der Waals surface area contributed by atoms with Crippen LogP contribution in [0.2, 0.25) is 0 Å². The number of hydrogen-bond acceptors (Lipinski definition) is 5. The molecular formula is C16H20N4OS. The lowest BCUT2D eigenvalue weighted by Crippen LogP contribution is -2.41. The van der Waals surface area contributed by atoms with Crippen LogP contribution in [0.4, 0.5) is 0 Å². The van der Waals surface area contributed by atoms with Gasteiger partial charge >= 0.3 is 0 Å². The number of thiazole rings is 1. The Bertz CT molecular complexity index is 667. The predicted octanol–water partition coefficient (Wildman–Crippen LogP) is 2.52. The van der Waals surface area contributed by atoms with Crippen molar-refractivity contribution in [1.29, 1.82) is 0 Å². The highest BCUT2D eigenvalue weighted by atomic mass is 32.1. The lowest BCUT2D eigenvalue weighted by atomic mass is 10.1. The highest BCUT2D eigenvalue weighted by Crippen LogP contribution is 2.30. The van der Waals surface area contributed by atoms with Crippen molar-refractivity contribution < 1.29 is 4.79 Å². The van der Waals surface area contributed by atoms with E-state index in [0.717, 1.165) is 41.2 Å². The molecule has 0 aromatic carbocycles. The average Bonchev–Trinajstić information content (AvgIpc) is 3.15. The Morgan fingerprint density at radius 1 is 1.45 bits per heavy atom. The van der Waals surface area contributed by atoms with Gasteiger partial charge in [-0.05, 0) is 39.3 Å². The lowest BCUT2D eigenvalue weighted by Gasteiger charge is -2.28. The Hall–Kier alpha value is -1.79. The molecule has 5 nitrogen and oxygen atoms in total. The largest absolute Gasteiger partial charge is 0.368 e. The fourth-order valence-corrected chi connectivity index (χ4v) is 3.89. The van der Waals surface area contributed by atoms with Gasteiger partial charge in [0, 0.05) is 17.8 Å². The number of aryl methyl sites for hydroxylation is 1. The van der Waals surface area contributed by atoms with E-state index in [1.807, 2.05) is 24.7 Å². The van der Waals surface area contributed by atoms with Crippen molar-refractivity contribution in [1.82, 2.24) is 14.9 Å². The molecule has 116 valence electrons. The van der Waals surface area contributed by atoms with E-state index in [2.05, 4.69) is 27.9 Å². The van der Waals surface area contributed by atoms with E-state index in [1.165, 1.54) is 0 Å². The highest BCUT2D eigenvalue weighted by molar-refractivity contribution is 7.13. The number of amides is 1. The number of pyridine rings is 1. The zero-order valence-electron chi connectivity index (χ0n) is 12.8. The summed E-state index contributed by atoms with van der Waals surface area (Å²) in [6.45, 7) is 4.98. The van der Waals surface area contributed by atoms with Crippen LogP contribution in [0, 0.1) is 6.92 Å². The first-order valence-corrected chi connectivity index (χ1v) is 8.37. The number of aromatic nitrogens is 2. The molecule has 22 heavy (non-hydrogen) atoms. The predicted molar refractivity (Wildman–Crippen MR) is 87.4 cm³/mol. The summed E-state index contributed by atoms with van der Waals surface area (Å²) < 4.78 is 0. The Kier molecular flexibility index (Phi) is 4.22. The maximum absolute atomic E-state index is 11.5. The molecule has 1 fully saturated rings. The first kappa shape index (κ1) is 15.1. The molecule has 1 unspecified atom stereocenters. The second-order valence-corrected chi connectivity index (χ2v) is 6.57. The van der Waals surface area contributed by atoms with E-state index in [4.69, 9.17) is 5.73 Å². The maximum Gasteiger partial charge on any atom is 0.234 e. The zero-order valence-corrected chi connectivity index (χ0v) is 13.6. The summed E-state index contributed by atoms with van der Waals surface area (Å²) in [4.78, 5) is 23.7. The van der Waals surface area contributed by atoms with Crippen LogP contribution in [0.25, 0.3) is 10.4 Å². The molecule has 0 aliphatic carbocycles. The molecule has 6 heteroatoms. The fraction of sp³-hybridized carbons (Fsp3) is 0.438. The third-order valence-corrected chi connectivity index (χ3v) is 5.32. The van der Waals surface area contributed by atoms with Gasteiger partial charge in [-0.15, -0.1) is 11.3 Å². The van der Waals surface area contributed by atoms with Crippen molar-refractivity contribution in [3.63, 3.8) is 0 Å². The summed E-state index contributed by atoms with van der Waals surface area (Å²) in [5.74, 6) is -0.235. The number of likely N-dealkylation sites (tertiary alicyclic amines) is 1. The van der Waals surface area contributed by atoms with Gasteiger partial charge in [0.2, 0.25) is 5.91 Å². The molecule has 0 saturated carbocycles. The molecular weight excluding hydrogens is 296 g/mol. The smallest absolute Gasteiger partial charge is 0.234 e. The second-order valence-electron chi connectivity index (χ2n) is 5.71. The summed E-state index contributed by atoms with van der Waals surface area (Å²) in [6, 6.07) is 4.04. The van der Waals surface area contributed by atoms with Crippen molar-refractivity contribution >= 4 is 17.2 Å². The normalized spacial score (nSPS) is 20.2. The standard InChI is InChI=1S/C16H20N4OS/c1-10-15(22-9-19-10)12-5-6-13(18-8-12)11(2)20-7-3-4-14(20)16(17)21/h5-6,8-9,11,14H,3-4,7H2,1-2H3,(H2,17,21)/t11-,14?/m0/s1. The van der Waals surface area contributed by atoms with Crippen LogP contribution in [0.15, 0.2) is 23.8 Å². The minimum Gasteiger partial charge on any atom is -0.368 e. The van der Waals surface area contributed by atoms with E-state index < -0.39 is 0 Å². The van der Waals surface area contributed by atoms with Crippen LogP contribution in [-0.2, 0) is 4.79 Å². The van der Waals surface area contributed by atoms with Crippen LogP contribution in [0.5, 0.6) is 0 Å².